The number of hydrogen-bond donors (Lipinski definition) is 0. The van der Waals surface area contributed by atoms with E-state index in [-0.39, 0.29) is 10.8 Å². The van der Waals surface area contributed by atoms with E-state index in [1.165, 1.54) is 4.31 Å². The van der Waals surface area contributed by atoms with Gasteiger partial charge in [0.1, 0.15) is 6.04 Å². The number of hydrogen-bond acceptors (Lipinski definition) is 4. The van der Waals surface area contributed by atoms with E-state index in [9.17, 15) is 13.2 Å². The van der Waals surface area contributed by atoms with Crippen LogP contribution in [-0.4, -0.2) is 52.9 Å². The molecule has 4 rings (SSSR count). The van der Waals surface area contributed by atoms with Gasteiger partial charge in [-0.25, -0.2) is 8.42 Å². The van der Waals surface area contributed by atoms with Crippen molar-refractivity contribution >= 4 is 15.9 Å². The lowest BCUT2D eigenvalue weighted by Gasteiger charge is -2.35. The van der Waals surface area contributed by atoms with E-state index in [2.05, 4.69) is 5.10 Å². The van der Waals surface area contributed by atoms with Crippen molar-refractivity contribution in [2.24, 2.45) is 0 Å². The minimum Gasteiger partial charge on any atom is -0.340 e. The number of rotatable bonds is 7. The molecule has 1 amide bonds. The van der Waals surface area contributed by atoms with Crippen LogP contribution in [0.4, 0.5) is 0 Å². The molecular weight excluding hydrogens is 424 g/mol. The quantitative estimate of drug-likeness (QED) is 0.552. The molecule has 1 aliphatic rings. The van der Waals surface area contributed by atoms with Crippen LogP contribution in [0.25, 0.3) is 0 Å². The van der Waals surface area contributed by atoms with Crippen LogP contribution in [0.5, 0.6) is 0 Å². The first-order valence-corrected chi connectivity index (χ1v) is 12.3. The fourth-order valence-electron chi connectivity index (χ4n) is 4.12. The van der Waals surface area contributed by atoms with Gasteiger partial charge >= 0.3 is 0 Å². The summed E-state index contributed by atoms with van der Waals surface area (Å²) in [6.07, 6.45) is 5.80. The first kappa shape index (κ1) is 22.2. The Bertz CT molecular complexity index is 1150. The second kappa shape index (κ2) is 9.67. The van der Waals surface area contributed by atoms with E-state index in [1.54, 1.807) is 48.5 Å². The number of aromatic nitrogens is 2. The summed E-state index contributed by atoms with van der Waals surface area (Å²) >= 11 is 0. The summed E-state index contributed by atoms with van der Waals surface area (Å²) < 4.78 is 29.6. The Morgan fingerprint density at radius 3 is 2.44 bits per heavy atom. The van der Waals surface area contributed by atoms with Crippen LogP contribution in [0.2, 0.25) is 0 Å². The number of carbonyl (C=O) groups is 1. The zero-order chi connectivity index (χ0) is 22.6. The van der Waals surface area contributed by atoms with Gasteiger partial charge in [-0.1, -0.05) is 55.0 Å². The topological polar surface area (TPSA) is 75.5 Å². The fourth-order valence-corrected chi connectivity index (χ4v) is 5.79. The summed E-state index contributed by atoms with van der Waals surface area (Å²) in [7, 11) is -2.00. The number of amides is 1. The van der Waals surface area contributed by atoms with E-state index < -0.39 is 16.1 Å². The zero-order valence-corrected chi connectivity index (χ0v) is 19.0. The molecule has 1 fully saturated rings. The van der Waals surface area contributed by atoms with Crippen LogP contribution >= 0.6 is 0 Å². The van der Waals surface area contributed by atoms with E-state index in [0.717, 1.165) is 24.0 Å². The molecule has 0 bridgehead atoms. The highest BCUT2D eigenvalue weighted by Gasteiger charge is 2.38. The largest absolute Gasteiger partial charge is 0.340 e. The Morgan fingerprint density at radius 1 is 1.03 bits per heavy atom. The zero-order valence-electron chi connectivity index (χ0n) is 18.2. The first-order valence-electron chi connectivity index (χ1n) is 10.8. The van der Waals surface area contributed by atoms with Gasteiger partial charge in [-0.2, -0.15) is 9.40 Å². The molecule has 32 heavy (non-hydrogen) atoms. The normalized spacial score (nSPS) is 17.2. The lowest BCUT2D eigenvalue weighted by molar-refractivity contribution is -0.135. The average molecular weight is 453 g/mol. The van der Waals surface area contributed by atoms with Crippen molar-refractivity contribution in [3.05, 3.63) is 84.2 Å². The number of benzene rings is 2. The summed E-state index contributed by atoms with van der Waals surface area (Å²) in [6.45, 7) is 1.39. The van der Waals surface area contributed by atoms with E-state index in [1.807, 2.05) is 41.2 Å². The van der Waals surface area contributed by atoms with Gasteiger partial charge < -0.3 is 4.90 Å². The molecule has 0 spiro atoms. The Hall–Kier alpha value is -2.97. The summed E-state index contributed by atoms with van der Waals surface area (Å²) in [6, 6.07) is 17.7. The van der Waals surface area contributed by atoms with Crippen LogP contribution < -0.4 is 0 Å². The Labute approximate surface area is 189 Å². The van der Waals surface area contributed by atoms with Crippen LogP contribution in [-0.2, 0) is 27.9 Å². The Morgan fingerprint density at radius 2 is 1.72 bits per heavy atom. The van der Waals surface area contributed by atoms with Gasteiger partial charge in [0.2, 0.25) is 15.9 Å². The second-order valence-corrected chi connectivity index (χ2v) is 10.1. The third kappa shape index (κ3) is 4.92. The molecule has 8 heteroatoms. The lowest BCUT2D eigenvalue weighted by Crippen LogP contribution is -2.51. The molecule has 1 aliphatic heterocycles. The van der Waals surface area contributed by atoms with E-state index in [4.69, 9.17) is 0 Å². The number of likely N-dealkylation sites (N-methyl/N-ethyl adjacent to an activating group) is 1. The molecule has 2 heterocycles. The predicted molar refractivity (Wildman–Crippen MR) is 122 cm³/mol. The summed E-state index contributed by atoms with van der Waals surface area (Å²) in [5.41, 5.74) is 2.06. The van der Waals surface area contributed by atoms with Crippen molar-refractivity contribution < 1.29 is 13.2 Å². The molecule has 3 aromatic rings. The third-order valence-corrected chi connectivity index (χ3v) is 7.68. The molecule has 168 valence electrons. The van der Waals surface area contributed by atoms with Crippen molar-refractivity contribution in [3.63, 3.8) is 0 Å². The Kier molecular flexibility index (Phi) is 6.72. The lowest BCUT2D eigenvalue weighted by atomic mass is 10.0. The third-order valence-electron chi connectivity index (χ3n) is 5.76. The SMILES string of the molecule is CN(Cc1cnn(Cc2ccccc2)c1)C(=O)C1CCCCN1S(=O)(=O)c1ccccc1. The van der Waals surface area contributed by atoms with Crippen molar-refractivity contribution in [1.29, 1.82) is 0 Å². The van der Waals surface area contributed by atoms with Crippen molar-refractivity contribution in [2.45, 2.75) is 43.3 Å². The predicted octanol–water partition coefficient (Wildman–Crippen LogP) is 3.13. The van der Waals surface area contributed by atoms with Gasteiger partial charge in [0.25, 0.3) is 0 Å². The Balaban J connectivity index is 1.45. The van der Waals surface area contributed by atoms with Gasteiger partial charge in [0, 0.05) is 31.9 Å². The fraction of sp³-hybridized carbons (Fsp3) is 0.333. The number of nitrogens with zero attached hydrogens (tertiary/aromatic N) is 4. The summed E-state index contributed by atoms with van der Waals surface area (Å²) in [5, 5.41) is 4.40. The van der Waals surface area contributed by atoms with Crippen molar-refractivity contribution in [2.75, 3.05) is 13.6 Å². The molecule has 2 aromatic carbocycles. The van der Waals surface area contributed by atoms with E-state index >= 15 is 0 Å². The van der Waals surface area contributed by atoms with Crippen molar-refractivity contribution in [3.8, 4) is 0 Å². The molecule has 0 aliphatic carbocycles. The molecule has 0 radical (unpaired) electrons. The maximum absolute atomic E-state index is 13.3. The monoisotopic (exact) mass is 452 g/mol. The molecule has 7 nitrogen and oxygen atoms in total. The highest BCUT2D eigenvalue weighted by molar-refractivity contribution is 7.89. The number of carbonyl (C=O) groups excluding carboxylic acids is 1. The standard InChI is InChI=1S/C24H28N4O3S/c1-26(17-21-16-25-27(19-21)18-20-10-4-2-5-11-20)24(29)23-14-8-9-15-28(23)32(30,31)22-12-6-3-7-13-22/h2-7,10-13,16,19,23H,8-9,14-15,17-18H2,1H3. The molecule has 0 N–H and O–H groups in total. The van der Waals surface area contributed by atoms with Crippen molar-refractivity contribution in [1.82, 2.24) is 19.0 Å². The maximum atomic E-state index is 13.3. The van der Waals surface area contributed by atoms with Gasteiger partial charge in [-0.15, -0.1) is 0 Å². The van der Waals surface area contributed by atoms with Gasteiger partial charge in [-0.3, -0.25) is 9.48 Å². The van der Waals surface area contributed by atoms with Crippen LogP contribution in [0.1, 0.15) is 30.4 Å². The minimum atomic E-state index is -3.72. The molecule has 1 atom stereocenters. The number of sulfonamides is 1. The van der Waals surface area contributed by atoms with Gasteiger partial charge in [0.15, 0.2) is 0 Å². The summed E-state index contributed by atoms with van der Waals surface area (Å²) in [4.78, 5) is 15.1. The second-order valence-electron chi connectivity index (χ2n) is 8.17. The molecule has 1 aromatic heterocycles. The van der Waals surface area contributed by atoms with E-state index in [0.29, 0.717) is 26.1 Å². The highest BCUT2D eigenvalue weighted by atomic mass is 32.2. The van der Waals surface area contributed by atoms with Gasteiger partial charge in [0.05, 0.1) is 17.6 Å². The minimum absolute atomic E-state index is 0.181. The molecular formula is C24H28N4O3S. The van der Waals surface area contributed by atoms with Crippen LogP contribution in [0.15, 0.2) is 78.0 Å². The highest BCUT2D eigenvalue weighted by Crippen LogP contribution is 2.26. The average Bonchev–Trinajstić information content (AvgIpc) is 3.26. The van der Waals surface area contributed by atoms with Crippen LogP contribution in [0.3, 0.4) is 0 Å². The smallest absolute Gasteiger partial charge is 0.243 e. The molecule has 1 saturated heterocycles. The molecule has 1 unspecified atom stereocenters. The van der Waals surface area contributed by atoms with Gasteiger partial charge in [-0.05, 0) is 30.5 Å². The molecule has 0 saturated carbocycles. The van der Waals surface area contributed by atoms with Crippen LogP contribution in [0, 0.1) is 0 Å². The number of piperidine rings is 1. The summed E-state index contributed by atoms with van der Waals surface area (Å²) in [5.74, 6) is -0.181. The first-order chi connectivity index (χ1) is 15.4. The maximum Gasteiger partial charge on any atom is 0.243 e.